The topological polar surface area (TPSA) is 24.9 Å². The number of hydrogen-bond donors (Lipinski definition) is 1. The molecule has 0 spiro atoms. The lowest BCUT2D eigenvalue weighted by Gasteiger charge is -2.07. The third kappa shape index (κ3) is 2.96. The van der Waals surface area contributed by atoms with Gasteiger partial charge in [0.2, 0.25) is 0 Å². The molecular formula is C12H15BrN2S2. The highest BCUT2D eigenvalue weighted by atomic mass is 79.9. The second kappa shape index (κ2) is 5.61. The Morgan fingerprint density at radius 3 is 2.88 bits per heavy atom. The van der Waals surface area contributed by atoms with Crippen LogP contribution in [0.25, 0.3) is 9.88 Å². The predicted octanol–water partition coefficient (Wildman–Crippen LogP) is 4.61. The molecule has 0 aliphatic heterocycles. The summed E-state index contributed by atoms with van der Waals surface area (Å²) in [4.78, 5) is 7.25. The summed E-state index contributed by atoms with van der Waals surface area (Å²) in [5, 5.41) is 6.64. The van der Waals surface area contributed by atoms with Gasteiger partial charge >= 0.3 is 0 Å². The van der Waals surface area contributed by atoms with Crippen LogP contribution in [0.4, 0.5) is 0 Å². The normalized spacial score (nSPS) is 12.9. The van der Waals surface area contributed by atoms with Crippen LogP contribution in [-0.4, -0.2) is 11.5 Å². The zero-order valence-corrected chi connectivity index (χ0v) is 13.3. The molecule has 0 fully saturated rings. The van der Waals surface area contributed by atoms with E-state index in [1.807, 2.05) is 0 Å². The van der Waals surface area contributed by atoms with Crippen LogP contribution in [0.2, 0.25) is 0 Å². The average molecular weight is 331 g/mol. The van der Waals surface area contributed by atoms with Crippen LogP contribution in [0.15, 0.2) is 15.9 Å². The van der Waals surface area contributed by atoms with Gasteiger partial charge in [-0.3, -0.25) is 0 Å². The maximum atomic E-state index is 4.70. The van der Waals surface area contributed by atoms with E-state index in [2.05, 4.69) is 53.5 Å². The van der Waals surface area contributed by atoms with E-state index >= 15 is 0 Å². The van der Waals surface area contributed by atoms with E-state index < -0.39 is 0 Å². The van der Waals surface area contributed by atoms with Crippen molar-refractivity contribution in [3.05, 3.63) is 26.5 Å². The van der Waals surface area contributed by atoms with Gasteiger partial charge in [-0.05, 0) is 42.4 Å². The second-order valence-electron chi connectivity index (χ2n) is 3.87. The van der Waals surface area contributed by atoms with Gasteiger partial charge in [0, 0.05) is 20.8 Å². The first-order chi connectivity index (χ1) is 8.11. The van der Waals surface area contributed by atoms with E-state index in [-0.39, 0.29) is 0 Å². The van der Waals surface area contributed by atoms with E-state index in [1.54, 1.807) is 22.7 Å². The Kier molecular flexibility index (Phi) is 4.36. The van der Waals surface area contributed by atoms with Crippen molar-refractivity contribution in [1.29, 1.82) is 0 Å². The quantitative estimate of drug-likeness (QED) is 0.885. The molecular weight excluding hydrogens is 316 g/mol. The highest BCUT2D eigenvalue weighted by molar-refractivity contribution is 9.10. The van der Waals surface area contributed by atoms with Gasteiger partial charge in [-0.2, -0.15) is 0 Å². The van der Waals surface area contributed by atoms with Crippen LogP contribution < -0.4 is 5.32 Å². The Morgan fingerprint density at radius 2 is 2.29 bits per heavy atom. The van der Waals surface area contributed by atoms with Gasteiger partial charge in [-0.25, -0.2) is 4.98 Å². The minimum Gasteiger partial charge on any atom is -0.309 e. The van der Waals surface area contributed by atoms with Crippen LogP contribution in [0, 0.1) is 6.92 Å². The number of rotatable bonds is 4. The molecule has 1 unspecified atom stereocenters. The Hall–Kier alpha value is -0.230. The first-order valence-electron chi connectivity index (χ1n) is 5.57. The van der Waals surface area contributed by atoms with Crippen LogP contribution in [-0.2, 0) is 0 Å². The van der Waals surface area contributed by atoms with Crippen molar-refractivity contribution in [3.8, 4) is 9.88 Å². The first kappa shape index (κ1) is 13.2. The standard InChI is InChI=1S/C12H15BrN2S2/c1-4-14-7(2)10-6-16-12(15-10)11-5-9(13)8(3)17-11/h5-7,14H,4H2,1-3H3. The van der Waals surface area contributed by atoms with Gasteiger partial charge in [0.05, 0.1) is 10.6 Å². The summed E-state index contributed by atoms with van der Waals surface area (Å²) >= 11 is 7.05. The molecule has 2 aromatic heterocycles. The van der Waals surface area contributed by atoms with E-state index in [0.29, 0.717) is 6.04 Å². The number of halogens is 1. The largest absolute Gasteiger partial charge is 0.309 e. The summed E-state index contributed by atoms with van der Waals surface area (Å²) in [6.07, 6.45) is 0. The molecule has 0 aliphatic rings. The first-order valence-corrected chi connectivity index (χ1v) is 8.05. The molecule has 0 radical (unpaired) electrons. The molecule has 17 heavy (non-hydrogen) atoms. The van der Waals surface area contributed by atoms with Crippen LogP contribution >= 0.6 is 38.6 Å². The van der Waals surface area contributed by atoms with E-state index in [9.17, 15) is 0 Å². The number of hydrogen-bond acceptors (Lipinski definition) is 4. The molecule has 2 aromatic rings. The van der Waals surface area contributed by atoms with E-state index in [1.165, 1.54) is 14.2 Å². The number of aromatic nitrogens is 1. The molecule has 2 rings (SSSR count). The van der Waals surface area contributed by atoms with Crippen molar-refractivity contribution in [2.45, 2.75) is 26.8 Å². The average Bonchev–Trinajstić information content (AvgIpc) is 2.87. The van der Waals surface area contributed by atoms with Crippen LogP contribution in [0.5, 0.6) is 0 Å². The maximum absolute atomic E-state index is 4.70. The summed E-state index contributed by atoms with van der Waals surface area (Å²) < 4.78 is 1.17. The summed E-state index contributed by atoms with van der Waals surface area (Å²) in [5.41, 5.74) is 1.13. The fraction of sp³-hybridized carbons (Fsp3) is 0.417. The Balaban J connectivity index is 2.23. The number of nitrogens with one attached hydrogen (secondary N) is 1. The summed E-state index contributed by atoms with van der Waals surface area (Å²) in [7, 11) is 0. The SMILES string of the molecule is CCNC(C)c1csc(-c2cc(Br)c(C)s2)n1. The molecule has 0 bridgehead atoms. The molecule has 2 nitrogen and oxygen atoms in total. The fourth-order valence-electron chi connectivity index (χ4n) is 1.57. The summed E-state index contributed by atoms with van der Waals surface area (Å²) in [6.45, 7) is 7.35. The van der Waals surface area contributed by atoms with Crippen molar-refractivity contribution < 1.29 is 0 Å². The third-order valence-corrected chi connectivity index (χ3v) is 5.71. The number of thiophene rings is 1. The molecule has 0 amide bonds. The van der Waals surface area contributed by atoms with Gasteiger partial charge in [0.25, 0.3) is 0 Å². The molecule has 0 aliphatic carbocycles. The smallest absolute Gasteiger partial charge is 0.133 e. The van der Waals surface area contributed by atoms with Crippen molar-refractivity contribution in [2.75, 3.05) is 6.54 Å². The Labute approximate surface area is 118 Å². The zero-order valence-electron chi connectivity index (χ0n) is 10.1. The molecule has 0 saturated carbocycles. The highest BCUT2D eigenvalue weighted by Gasteiger charge is 2.12. The Morgan fingerprint density at radius 1 is 1.53 bits per heavy atom. The lowest BCUT2D eigenvalue weighted by molar-refractivity contribution is 0.587. The summed E-state index contributed by atoms with van der Waals surface area (Å²) in [5.74, 6) is 0. The number of thiazole rings is 1. The number of nitrogens with zero attached hydrogens (tertiary/aromatic N) is 1. The minimum absolute atomic E-state index is 0.328. The maximum Gasteiger partial charge on any atom is 0.133 e. The van der Waals surface area contributed by atoms with Crippen molar-refractivity contribution in [3.63, 3.8) is 0 Å². The predicted molar refractivity (Wildman–Crippen MR) is 80.0 cm³/mol. The minimum atomic E-state index is 0.328. The molecule has 92 valence electrons. The van der Waals surface area contributed by atoms with Crippen molar-refractivity contribution in [2.24, 2.45) is 0 Å². The molecule has 0 saturated heterocycles. The Bertz CT molecular complexity index is 485. The molecule has 2 heterocycles. The third-order valence-electron chi connectivity index (χ3n) is 2.54. The zero-order chi connectivity index (χ0) is 12.4. The molecule has 1 atom stereocenters. The fourth-order valence-corrected chi connectivity index (χ4v) is 4.09. The lowest BCUT2D eigenvalue weighted by Crippen LogP contribution is -2.17. The highest BCUT2D eigenvalue weighted by Crippen LogP contribution is 2.36. The monoisotopic (exact) mass is 330 g/mol. The second-order valence-corrected chi connectivity index (χ2v) is 6.84. The molecule has 5 heteroatoms. The van der Waals surface area contributed by atoms with Gasteiger partial charge < -0.3 is 5.32 Å². The summed E-state index contributed by atoms with van der Waals surface area (Å²) in [6, 6.07) is 2.48. The number of aryl methyl sites for hydroxylation is 1. The van der Waals surface area contributed by atoms with Gasteiger partial charge in [-0.1, -0.05) is 6.92 Å². The molecule has 1 N–H and O–H groups in total. The van der Waals surface area contributed by atoms with E-state index in [0.717, 1.165) is 17.2 Å². The van der Waals surface area contributed by atoms with Crippen LogP contribution in [0.1, 0.15) is 30.5 Å². The van der Waals surface area contributed by atoms with E-state index in [4.69, 9.17) is 4.98 Å². The van der Waals surface area contributed by atoms with Gasteiger partial charge in [0.1, 0.15) is 5.01 Å². The molecule has 0 aromatic carbocycles. The van der Waals surface area contributed by atoms with Gasteiger partial charge in [0.15, 0.2) is 0 Å². The van der Waals surface area contributed by atoms with Crippen molar-refractivity contribution >= 4 is 38.6 Å². The lowest BCUT2D eigenvalue weighted by atomic mass is 10.2. The van der Waals surface area contributed by atoms with Crippen molar-refractivity contribution in [1.82, 2.24) is 10.3 Å². The van der Waals surface area contributed by atoms with Gasteiger partial charge in [-0.15, -0.1) is 22.7 Å². The van der Waals surface area contributed by atoms with Crippen LogP contribution in [0.3, 0.4) is 0 Å².